The highest BCUT2D eigenvalue weighted by molar-refractivity contribution is 6.30. The molecule has 2 atom stereocenters. The van der Waals surface area contributed by atoms with Crippen LogP contribution in [0.3, 0.4) is 0 Å². The normalized spacial score (nSPS) is 20.4. The molecule has 1 saturated carbocycles. The molecule has 1 fully saturated rings. The van der Waals surface area contributed by atoms with E-state index in [0.29, 0.717) is 11.8 Å². The molecule has 1 aliphatic carbocycles. The Balaban J connectivity index is 1.54. The first kappa shape index (κ1) is 13.0. The van der Waals surface area contributed by atoms with Gasteiger partial charge in [0.15, 0.2) is 17.1 Å². The Hall–Kier alpha value is -2.47. The lowest BCUT2D eigenvalue weighted by atomic mass is 10.1. The zero-order chi connectivity index (χ0) is 15.6. The molecule has 0 bridgehead atoms. The predicted molar refractivity (Wildman–Crippen MR) is 86.6 cm³/mol. The maximum absolute atomic E-state index is 5.96. The van der Waals surface area contributed by atoms with Crippen LogP contribution in [0.1, 0.15) is 29.6 Å². The van der Waals surface area contributed by atoms with E-state index in [-0.39, 0.29) is 0 Å². The molecule has 0 N–H and O–H groups in total. The fraction of sp³-hybridized carbons (Fsp3) is 0.250. The summed E-state index contributed by atoms with van der Waals surface area (Å²) >= 11 is 5.96. The molecule has 5 rings (SSSR count). The Bertz CT molecular complexity index is 1030. The van der Waals surface area contributed by atoms with Crippen molar-refractivity contribution in [3.63, 3.8) is 0 Å². The minimum atomic E-state index is 0.364. The van der Waals surface area contributed by atoms with Crippen LogP contribution in [0.4, 0.5) is 0 Å². The summed E-state index contributed by atoms with van der Waals surface area (Å²) in [6.07, 6.45) is 4.57. The second kappa shape index (κ2) is 4.52. The van der Waals surface area contributed by atoms with Gasteiger partial charge in [0.05, 0.1) is 11.6 Å². The van der Waals surface area contributed by atoms with Crippen LogP contribution in [0.15, 0.2) is 36.8 Å². The van der Waals surface area contributed by atoms with Gasteiger partial charge in [0, 0.05) is 18.0 Å². The Morgan fingerprint density at radius 2 is 1.96 bits per heavy atom. The molecule has 0 radical (unpaired) electrons. The number of fused-ring (bicyclic) bond motifs is 3. The summed E-state index contributed by atoms with van der Waals surface area (Å²) in [4.78, 5) is 9.14. The maximum atomic E-state index is 5.96. The maximum Gasteiger partial charge on any atom is 0.170 e. The number of benzene rings is 1. The van der Waals surface area contributed by atoms with E-state index >= 15 is 0 Å². The molecule has 0 amide bonds. The van der Waals surface area contributed by atoms with Crippen molar-refractivity contribution in [1.29, 1.82) is 0 Å². The van der Waals surface area contributed by atoms with Gasteiger partial charge in [-0.3, -0.25) is 4.68 Å². The molecule has 0 spiro atoms. The average molecular weight is 325 g/mol. The highest BCUT2D eigenvalue weighted by Gasteiger charge is 2.42. The average Bonchev–Trinajstić information content (AvgIpc) is 3.08. The van der Waals surface area contributed by atoms with Gasteiger partial charge in [-0.2, -0.15) is 5.10 Å². The molecular weight excluding hydrogens is 312 g/mol. The smallest absolute Gasteiger partial charge is 0.170 e. The number of aryl methyl sites for hydroxylation is 1. The van der Waals surface area contributed by atoms with E-state index in [1.807, 2.05) is 19.2 Å². The zero-order valence-electron chi connectivity index (χ0n) is 12.4. The predicted octanol–water partition coefficient (Wildman–Crippen LogP) is 2.94. The third kappa shape index (κ3) is 1.95. The van der Waals surface area contributed by atoms with Crippen molar-refractivity contribution in [2.24, 2.45) is 7.05 Å². The topological polar surface area (TPSA) is 60.9 Å². The molecule has 4 aromatic rings. The van der Waals surface area contributed by atoms with Crippen LogP contribution in [0.2, 0.25) is 5.02 Å². The largest absolute Gasteiger partial charge is 0.250 e. The van der Waals surface area contributed by atoms with Gasteiger partial charge < -0.3 is 0 Å². The summed E-state index contributed by atoms with van der Waals surface area (Å²) in [5.41, 5.74) is 2.93. The van der Waals surface area contributed by atoms with Crippen LogP contribution >= 0.6 is 11.6 Å². The quantitative estimate of drug-likeness (QED) is 0.569. The SMILES string of the molecule is Cn1ncc2c1ncn1nc([C@@H]3C[C@@H]3c3ccc(Cl)cc3)nc21. The lowest BCUT2D eigenvalue weighted by Gasteiger charge is -1.98. The molecule has 0 saturated heterocycles. The molecule has 6 nitrogen and oxygen atoms in total. The van der Waals surface area contributed by atoms with Gasteiger partial charge in [-0.15, -0.1) is 5.10 Å². The van der Waals surface area contributed by atoms with Crippen molar-refractivity contribution in [3.05, 3.63) is 53.2 Å². The highest BCUT2D eigenvalue weighted by Crippen LogP contribution is 2.53. The molecular formula is C16H13ClN6. The summed E-state index contributed by atoms with van der Waals surface area (Å²) < 4.78 is 3.49. The van der Waals surface area contributed by atoms with E-state index < -0.39 is 0 Å². The van der Waals surface area contributed by atoms with Gasteiger partial charge in [0.2, 0.25) is 0 Å². The number of aromatic nitrogens is 6. The van der Waals surface area contributed by atoms with Gasteiger partial charge in [-0.1, -0.05) is 23.7 Å². The van der Waals surface area contributed by atoms with Gasteiger partial charge in [-0.25, -0.2) is 14.5 Å². The van der Waals surface area contributed by atoms with Crippen LogP contribution in [-0.2, 0) is 7.05 Å². The number of halogens is 1. The van der Waals surface area contributed by atoms with Crippen molar-refractivity contribution >= 4 is 28.3 Å². The summed E-state index contributed by atoms with van der Waals surface area (Å²) in [5.74, 6) is 1.72. The van der Waals surface area contributed by atoms with Crippen LogP contribution in [0.5, 0.6) is 0 Å². The summed E-state index contributed by atoms with van der Waals surface area (Å²) in [7, 11) is 1.88. The third-order valence-corrected chi connectivity index (χ3v) is 4.76. The molecule has 0 unspecified atom stereocenters. The molecule has 23 heavy (non-hydrogen) atoms. The van der Waals surface area contributed by atoms with Crippen LogP contribution in [0, 0.1) is 0 Å². The molecule has 114 valence electrons. The Kier molecular flexibility index (Phi) is 2.56. The fourth-order valence-electron chi connectivity index (χ4n) is 3.17. The zero-order valence-corrected chi connectivity index (χ0v) is 13.1. The Morgan fingerprint density at radius 1 is 1.13 bits per heavy atom. The van der Waals surface area contributed by atoms with Crippen molar-refractivity contribution in [1.82, 2.24) is 29.4 Å². The highest BCUT2D eigenvalue weighted by atomic mass is 35.5. The molecule has 1 aromatic carbocycles. The van der Waals surface area contributed by atoms with E-state index in [1.54, 1.807) is 21.7 Å². The second-order valence-corrected chi connectivity index (χ2v) is 6.42. The first-order valence-corrected chi connectivity index (χ1v) is 7.87. The Labute approximate surface area is 136 Å². The van der Waals surface area contributed by atoms with Gasteiger partial charge in [0.1, 0.15) is 6.33 Å². The van der Waals surface area contributed by atoms with E-state index in [4.69, 9.17) is 16.6 Å². The molecule has 7 heteroatoms. The minimum Gasteiger partial charge on any atom is -0.250 e. The first-order valence-electron chi connectivity index (χ1n) is 7.49. The van der Waals surface area contributed by atoms with Gasteiger partial charge >= 0.3 is 0 Å². The van der Waals surface area contributed by atoms with Crippen molar-refractivity contribution in [2.45, 2.75) is 18.3 Å². The van der Waals surface area contributed by atoms with Crippen LogP contribution < -0.4 is 0 Å². The lowest BCUT2D eigenvalue weighted by Crippen LogP contribution is -1.95. The van der Waals surface area contributed by atoms with E-state index in [0.717, 1.165) is 33.9 Å². The molecule has 0 aliphatic heterocycles. The standard InChI is InChI=1S/C16H13ClN6/c1-22-15-13(7-19-22)16-20-14(21-23(16)8-18-15)12-6-11(12)9-2-4-10(17)5-3-9/h2-5,7-8,11-12H,6H2,1H3/t11-,12-/m1/s1. The Morgan fingerprint density at radius 3 is 2.78 bits per heavy atom. The van der Waals surface area contributed by atoms with Gasteiger partial charge in [0.25, 0.3) is 0 Å². The second-order valence-electron chi connectivity index (χ2n) is 5.99. The van der Waals surface area contributed by atoms with E-state index in [1.165, 1.54) is 5.56 Å². The molecule has 1 aliphatic rings. The summed E-state index contributed by atoms with van der Waals surface area (Å²) in [6, 6.07) is 8.05. The van der Waals surface area contributed by atoms with E-state index in [9.17, 15) is 0 Å². The first-order chi connectivity index (χ1) is 11.2. The fourth-order valence-corrected chi connectivity index (χ4v) is 3.30. The van der Waals surface area contributed by atoms with Crippen molar-refractivity contribution < 1.29 is 0 Å². The number of nitrogens with zero attached hydrogens (tertiary/aromatic N) is 6. The number of rotatable bonds is 2. The summed E-state index contributed by atoms with van der Waals surface area (Å²) in [6.45, 7) is 0. The van der Waals surface area contributed by atoms with Crippen LogP contribution in [-0.4, -0.2) is 29.4 Å². The molecule has 3 aromatic heterocycles. The van der Waals surface area contributed by atoms with E-state index in [2.05, 4.69) is 27.3 Å². The number of hydrogen-bond donors (Lipinski definition) is 0. The monoisotopic (exact) mass is 324 g/mol. The molecule has 3 heterocycles. The summed E-state index contributed by atoms with van der Waals surface area (Å²) in [5, 5.41) is 10.5. The lowest BCUT2D eigenvalue weighted by molar-refractivity contribution is 0.781. The number of hydrogen-bond acceptors (Lipinski definition) is 4. The van der Waals surface area contributed by atoms with Crippen molar-refractivity contribution in [2.75, 3.05) is 0 Å². The minimum absolute atomic E-state index is 0.364. The van der Waals surface area contributed by atoms with Crippen LogP contribution in [0.25, 0.3) is 16.7 Å². The van der Waals surface area contributed by atoms with Crippen molar-refractivity contribution in [3.8, 4) is 0 Å². The van der Waals surface area contributed by atoms with Gasteiger partial charge in [-0.05, 0) is 30.0 Å². The third-order valence-electron chi connectivity index (χ3n) is 4.51.